The molecule has 0 aliphatic carbocycles. The van der Waals surface area contributed by atoms with Gasteiger partial charge in [-0.1, -0.05) is 18.2 Å². The fourth-order valence-corrected chi connectivity index (χ4v) is 3.63. The minimum atomic E-state index is -3.58. The van der Waals surface area contributed by atoms with Crippen molar-refractivity contribution in [3.05, 3.63) is 29.8 Å². The van der Waals surface area contributed by atoms with E-state index in [0.29, 0.717) is 25.1 Å². The predicted molar refractivity (Wildman–Crippen MR) is 67.6 cm³/mol. The maximum Gasteiger partial charge on any atom is 0.243 e. The summed E-state index contributed by atoms with van der Waals surface area (Å²) < 4.78 is 26.2. The molecule has 0 spiro atoms. The van der Waals surface area contributed by atoms with Crippen LogP contribution in [0.5, 0.6) is 0 Å². The monoisotopic (exact) mass is 268 g/mol. The lowest BCUT2D eigenvalue weighted by Gasteiger charge is -2.19. The van der Waals surface area contributed by atoms with Gasteiger partial charge in [0.05, 0.1) is 11.4 Å². The van der Waals surface area contributed by atoms with Crippen LogP contribution < -0.4 is 5.32 Å². The molecule has 0 atom stereocenters. The van der Waals surface area contributed by atoms with Gasteiger partial charge in [0.25, 0.3) is 0 Å². The lowest BCUT2D eigenvalue weighted by Crippen LogP contribution is -2.37. The van der Waals surface area contributed by atoms with Crippen LogP contribution in [0.2, 0.25) is 0 Å². The average molecular weight is 268 g/mol. The molecule has 0 unspecified atom stereocenters. The van der Waals surface area contributed by atoms with Gasteiger partial charge < -0.3 is 5.32 Å². The number of hydrogen-bond donors (Lipinski definition) is 1. The molecule has 0 saturated carbocycles. The predicted octanol–water partition coefficient (Wildman–Crippen LogP) is 0.506. The number of carbonyl (C=O) groups excluding carboxylic acids is 1. The Labute approximate surface area is 107 Å². The number of amides is 1. The van der Waals surface area contributed by atoms with Crippen molar-refractivity contribution in [3.8, 4) is 0 Å². The summed E-state index contributed by atoms with van der Waals surface area (Å²) in [5, 5.41) is 2.67. The van der Waals surface area contributed by atoms with Crippen LogP contribution in [-0.2, 0) is 14.8 Å². The second kappa shape index (κ2) is 5.07. The van der Waals surface area contributed by atoms with E-state index in [0.717, 1.165) is 0 Å². The number of benzene rings is 1. The quantitative estimate of drug-likeness (QED) is 0.849. The fourth-order valence-electron chi connectivity index (χ4n) is 1.97. The molecular weight excluding hydrogens is 252 g/mol. The largest absolute Gasteiger partial charge is 0.355 e. The molecule has 1 heterocycles. The van der Waals surface area contributed by atoms with Crippen molar-refractivity contribution in [3.63, 3.8) is 0 Å². The summed E-state index contributed by atoms with van der Waals surface area (Å²) >= 11 is 0. The molecule has 0 bridgehead atoms. The van der Waals surface area contributed by atoms with E-state index < -0.39 is 10.0 Å². The van der Waals surface area contributed by atoms with Crippen LogP contribution in [-0.4, -0.2) is 38.3 Å². The van der Waals surface area contributed by atoms with E-state index in [4.69, 9.17) is 0 Å². The van der Waals surface area contributed by atoms with Crippen molar-refractivity contribution in [1.82, 2.24) is 9.62 Å². The van der Waals surface area contributed by atoms with E-state index in [1.807, 2.05) is 0 Å². The molecule has 18 heavy (non-hydrogen) atoms. The zero-order valence-electron chi connectivity index (χ0n) is 10.2. The fraction of sp³-hybridized carbons (Fsp3) is 0.417. The minimum Gasteiger partial charge on any atom is -0.355 e. The summed E-state index contributed by atoms with van der Waals surface area (Å²) in [6.45, 7) is 2.55. The SMILES string of the molecule is Cc1ccccc1S(=O)(=O)N1CCCNC(=O)C1. The molecule has 1 saturated heterocycles. The number of nitrogens with zero attached hydrogens (tertiary/aromatic N) is 1. The third-order valence-electron chi connectivity index (χ3n) is 2.94. The first kappa shape index (κ1) is 13.0. The number of nitrogens with one attached hydrogen (secondary N) is 1. The first-order valence-corrected chi connectivity index (χ1v) is 7.28. The molecule has 1 aromatic rings. The topological polar surface area (TPSA) is 66.5 Å². The highest BCUT2D eigenvalue weighted by atomic mass is 32.2. The maximum absolute atomic E-state index is 12.5. The molecule has 5 nitrogen and oxygen atoms in total. The molecule has 6 heteroatoms. The summed E-state index contributed by atoms with van der Waals surface area (Å²) in [6, 6.07) is 6.82. The Morgan fingerprint density at radius 3 is 2.72 bits per heavy atom. The Hall–Kier alpha value is -1.40. The van der Waals surface area contributed by atoms with E-state index in [-0.39, 0.29) is 17.3 Å². The van der Waals surface area contributed by atoms with Gasteiger partial charge in [0, 0.05) is 13.1 Å². The number of carbonyl (C=O) groups is 1. The van der Waals surface area contributed by atoms with Crippen molar-refractivity contribution in [2.45, 2.75) is 18.2 Å². The highest BCUT2D eigenvalue weighted by Crippen LogP contribution is 2.20. The average Bonchev–Trinajstić information content (AvgIpc) is 2.54. The summed E-state index contributed by atoms with van der Waals surface area (Å²) in [5.74, 6) is -0.246. The first-order chi connectivity index (χ1) is 8.51. The van der Waals surface area contributed by atoms with E-state index in [9.17, 15) is 13.2 Å². The number of sulfonamides is 1. The Kier molecular flexibility index (Phi) is 3.68. The van der Waals surface area contributed by atoms with Crippen LogP contribution in [0.15, 0.2) is 29.2 Å². The van der Waals surface area contributed by atoms with E-state index in [1.165, 1.54) is 4.31 Å². The smallest absolute Gasteiger partial charge is 0.243 e. The maximum atomic E-state index is 12.5. The van der Waals surface area contributed by atoms with Crippen LogP contribution in [0.4, 0.5) is 0 Å². The van der Waals surface area contributed by atoms with Gasteiger partial charge in [-0.25, -0.2) is 8.42 Å². The van der Waals surface area contributed by atoms with Crippen LogP contribution in [0.3, 0.4) is 0 Å². The second-order valence-electron chi connectivity index (χ2n) is 4.31. The molecular formula is C12H16N2O3S. The van der Waals surface area contributed by atoms with Crippen molar-refractivity contribution in [1.29, 1.82) is 0 Å². The normalized spacial score (nSPS) is 18.2. The van der Waals surface area contributed by atoms with E-state index in [1.54, 1.807) is 31.2 Å². The molecule has 1 fully saturated rings. The standard InChI is InChI=1S/C12H16N2O3S/c1-10-5-2-3-6-11(10)18(16,17)14-8-4-7-13-12(15)9-14/h2-3,5-6H,4,7-9H2,1H3,(H,13,15). The molecule has 1 aliphatic rings. The lowest BCUT2D eigenvalue weighted by atomic mass is 10.2. The van der Waals surface area contributed by atoms with Crippen molar-refractivity contribution in [2.24, 2.45) is 0 Å². The Balaban J connectivity index is 2.36. The second-order valence-corrected chi connectivity index (χ2v) is 6.21. The molecule has 0 radical (unpaired) electrons. The first-order valence-electron chi connectivity index (χ1n) is 5.84. The van der Waals surface area contributed by atoms with Crippen LogP contribution >= 0.6 is 0 Å². The van der Waals surface area contributed by atoms with Gasteiger partial charge in [-0.2, -0.15) is 4.31 Å². The van der Waals surface area contributed by atoms with Crippen molar-refractivity contribution < 1.29 is 13.2 Å². The highest BCUT2D eigenvalue weighted by molar-refractivity contribution is 7.89. The number of aryl methyl sites for hydroxylation is 1. The molecule has 2 rings (SSSR count). The molecule has 0 aromatic heterocycles. The summed E-state index contributed by atoms with van der Waals surface area (Å²) in [4.78, 5) is 11.7. The minimum absolute atomic E-state index is 0.101. The molecule has 1 aliphatic heterocycles. The summed E-state index contributed by atoms with van der Waals surface area (Å²) in [6.07, 6.45) is 0.636. The Morgan fingerprint density at radius 1 is 1.28 bits per heavy atom. The Bertz CT molecular complexity index is 554. The number of rotatable bonds is 2. The van der Waals surface area contributed by atoms with Gasteiger partial charge in [-0.15, -0.1) is 0 Å². The van der Waals surface area contributed by atoms with Gasteiger partial charge in [0.15, 0.2) is 0 Å². The van der Waals surface area contributed by atoms with Gasteiger partial charge >= 0.3 is 0 Å². The van der Waals surface area contributed by atoms with Crippen LogP contribution in [0.1, 0.15) is 12.0 Å². The van der Waals surface area contributed by atoms with Gasteiger partial charge in [0.2, 0.25) is 15.9 Å². The van der Waals surface area contributed by atoms with E-state index >= 15 is 0 Å². The molecule has 1 N–H and O–H groups in total. The molecule has 1 aromatic carbocycles. The molecule has 98 valence electrons. The third kappa shape index (κ3) is 2.54. The third-order valence-corrected chi connectivity index (χ3v) is 4.94. The van der Waals surface area contributed by atoms with Gasteiger partial charge in [-0.05, 0) is 25.0 Å². The zero-order chi connectivity index (χ0) is 13.2. The van der Waals surface area contributed by atoms with Crippen LogP contribution in [0, 0.1) is 6.92 Å². The number of hydrogen-bond acceptors (Lipinski definition) is 3. The molecule has 1 amide bonds. The van der Waals surface area contributed by atoms with Crippen molar-refractivity contribution in [2.75, 3.05) is 19.6 Å². The van der Waals surface area contributed by atoms with Crippen LogP contribution in [0.25, 0.3) is 0 Å². The summed E-state index contributed by atoms with van der Waals surface area (Å²) in [5.41, 5.74) is 0.696. The van der Waals surface area contributed by atoms with Gasteiger partial charge in [-0.3, -0.25) is 4.79 Å². The lowest BCUT2D eigenvalue weighted by molar-refractivity contribution is -0.120. The summed E-state index contributed by atoms with van der Waals surface area (Å²) in [7, 11) is -3.58. The van der Waals surface area contributed by atoms with E-state index in [2.05, 4.69) is 5.32 Å². The van der Waals surface area contributed by atoms with Gasteiger partial charge in [0.1, 0.15) is 0 Å². The van der Waals surface area contributed by atoms with Crippen molar-refractivity contribution >= 4 is 15.9 Å². The Morgan fingerprint density at radius 2 is 2.00 bits per heavy atom. The highest BCUT2D eigenvalue weighted by Gasteiger charge is 2.28. The zero-order valence-corrected chi connectivity index (χ0v) is 11.0.